The van der Waals surface area contributed by atoms with Crippen LogP contribution in [0.5, 0.6) is 0 Å². The standard InChI is InChI=1S/C24H32O4.C5H10N2O3/c1-22-9-7-16(25)11-15(22)4-5-18-17(22)8-10-23(2)19(12-20-24(18,23)28-20)14-3-6-21(26)27-13-14;6-3(5(9)10)1-2-4(7)8/h3,6,13,15-20,25H,4-5,7-12H2,1-2H3;3H,1-2,6H2,(H2,7,8)(H,9,10)/t15-,16+,17+,18-,19-,20-,22+,23-,24-;3-/m10/s1. The number of rotatable bonds is 5. The highest BCUT2D eigenvalue weighted by Gasteiger charge is 2.80. The van der Waals surface area contributed by atoms with Crippen LogP contribution in [0.2, 0.25) is 0 Å². The Morgan fingerprint density at radius 2 is 1.87 bits per heavy atom. The van der Waals surface area contributed by atoms with Crippen molar-refractivity contribution >= 4 is 11.9 Å². The van der Waals surface area contributed by atoms with Gasteiger partial charge in [-0.1, -0.05) is 13.8 Å². The quantitative estimate of drug-likeness (QED) is 0.421. The summed E-state index contributed by atoms with van der Waals surface area (Å²) < 4.78 is 11.8. The first-order valence-corrected chi connectivity index (χ1v) is 14.1. The Morgan fingerprint density at radius 3 is 2.53 bits per heavy atom. The van der Waals surface area contributed by atoms with Crippen molar-refractivity contribution < 1.29 is 29.0 Å². The Hall–Kier alpha value is -2.23. The van der Waals surface area contributed by atoms with E-state index in [1.807, 2.05) is 6.07 Å². The summed E-state index contributed by atoms with van der Waals surface area (Å²) in [4.78, 5) is 31.6. The number of carbonyl (C=O) groups excluding carboxylic acids is 1. The van der Waals surface area contributed by atoms with E-state index in [2.05, 4.69) is 13.8 Å². The highest BCUT2D eigenvalue weighted by molar-refractivity contribution is 5.76. The molecule has 1 saturated heterocycles. The van der Waals surface area contributed by atoms with Crippen LogP contribution in [0.15, 0.2) is 27.6 Å². The average molecular weight is 531 g/mol. The lowest BCUT2D eigenvalue weighted by atomic mass is 9.44. The topological polar surface area (TPSA) is 169 Å². The minimum absolute atomic E-state index is 0.0213. The number of amides is 1. The molecule has 6 N–H and O–H groups in total. The molecule has 9 heteroatoms. The Morgan fingerprint density at radius 1 is 1.11 bits per heavy atom. The van der Waals surface area contributed by atoms with Gasteiger partial charge in [0.15, 0.2) is 0 Å². The number of ether oxygens (including phenoxy) is 1. The maximum Gasteiger partial charge on any atom is 0.335 e. The second-order valence-electron chi connectivity index (χ2n) is 12.9. The summed E-state index contributed by atoms with van der Waals surface area (Å²) in [6.07, 6.45) is 11.3. The number of aliphatic hydroxyl groups is 1. The largest absolute Gasteiger partial charge is 0.480 e. The first-order chi connectivity index (χ1) is 17.9. The Labute approximate surface area is 223 Å². The van der Waals surface area contributed by atoms with Crippen molar-refractivity contribution in [1.29, 1.82) is 0 Å². The fourth-order valence-corrected chi connectivity index (χ4v) is 9.16. The van der Waals surface area contributed by atoms with Gasteiger partial charge in [-0.3, -0.25) is 9.59 Å². The number of nitrogens with two attached hydrogens (primary N) is 2. The van der Waals surface area contributed by atoms with Crippen molar-refractivity contribution in [2.75, 3.05) is 0 Å². The molecule has 38 heavy (non-hydrogen) atoms. The molecule has 1 amide bonds. The number of hydrogen-bond acceptors (Lipinski definition) is 7. The molecular weight excluding hydrogens is 488 g/mol. The number of fused-ring (bicyclic) bond motifs is 3. The van der Waals surface area contributed by atoms with Crippen LogP contribution < -0.4 is 17.1 Å². The number of hydrogen-bond donors (Lipinski definition) is 4. The third-order valence-corrected chi connectivity index (χ3v) is 11.2. The van der Waals surface area contributed by atoms with Gasteiger partial charge in [0.05, 0.1) is 18.5 Å². The second kappa shape index (κ2) is 9.75. The molecule has 1 aliphatic heterocycles. The van der Waals surface area contributed by atoms with Crippen LogP contribution in [0.3, 0.4) is 0 Å². The van der Waals surface area contributed by atoms with Crippen molar-refractivity contribution in [2.45, 2.75) is 108 Å². The molecule has 0 unspecified atom stereocenters. The summed E-state index contributed by atoms with van der Waals surface area (Å²) in [5.41, 5.74) is 11.3. The van der Waals surface area contributed by atoms with Crippen molar-refractivity contribution in [2.24, 2.45) is 40.1 Å². The summed E-state index contributed by atoms with van der Waals surface area (Å²) in [6, 6.07) is 2.57. The van der Waals surface area contributed by atoms with Crippen molar-refractivity contribution in [3.05, 3.63) is 34.4 Å². The van der Waals surface area contributed by atoms with Gasteiger partial charge in [0, 0.05) is 17.9 Å². The van der Waals surface area contributed by atoms with Crippen LogP contribution in [-0.2, 0) is 14.3 Å². The van der Waals surface area contributed by atoms with E-state index in [1.54, 1.807) is 12.3 Å². The number of carbonyl (C=O) groups is 2. The lowest BCUT2D eigenvalue weighted by molar-refractivity contribution is -0.139. The van der Waals surface area contributed by atoms with E-state index in [0.29, 0.717) is 29.3 Å². The first kappa shape index (κ1) is 27.3. The van der Waals surface area contributed by atoms with E-state index in [0.717, 1.165) is 25.2 Å². The lowest BCUT2D eigenvalue weighted by Gasteiger charge is -2.61. The van der Waals surface area contributed by atoms with E-state index >= 15 is 0 Å². The third-order valence-electron chi connectivity index (χ3n) is 11.2. The van der Waals surface area contributed by atoms with E-state index in [-0.39, 0.29) is 35.6 Å². The van der Waals surface area contributed by atoms with E-state index in [9.17, 15) is 19.5 Å². The molecule has 4 saturated carbocycles. The van der Waals surface area contributed by atoms with Crippen molar-refractivity contribution in [3.8, 4) is 0 Å². The molecule has 5 aliphatic rings. The summed E-state index contributed by atoms with van der Waals surface area (Å²) >= 11 is 0. The molecule has 9 nitrogen and oxygen atoms in total. The van der Waals surface area contributed by atoms with Crippen LogP contribution in [0.4, 0.5) is 0 Å². The predicted octanol–water partition coefficient (Wildman–Crippen LogP) is 2.92. The Bertz CT molecular complexity index is 1120. The van der Waals surface area contributed by atoms with Crippen LogP contribution in [0, 0.1) is 28.6 Å². The number of carboxylic acid groups (broad SMARTS) is 1. The highest BCUT2D eigenvalue weighted by Crippen LogP contribution is 2.77. The molecule has 0 radical (unpaired) electrons. The van der Waals surface area contributed by atoms with E-state index < -0.39 is 17.9 Å². The molecule has 6 rings (SSSR count). The fraction of sp³-hybridized carbons (Fsp3) is 0.759. The fourth-order valence-electron chi connectivity index (χ4n) is 9.16. The smallest absolute Gasteiger partial charge is 0.335 e. The van der Waals surface area contributed by atoms with Crippen LogP contribution in [-0.4, -0.2) is 45.9 Å². The van der Waals surface area contributed by atoms with Gasteiger partial charge in [0.25, 0.3) is 0 Å². The number of epoxide rings is 1. The molecule has 0 bridgehead atoms. The monoisotopic (exact) mass is 530 g/mol. The van der Waals surface area contributed by atoms with Crippen molar-refractivity contribution in [3.63, 3.8) is 0 Å². The summed E-state index contributed by atoms with van der Waals surface area (Å²) in [5, 5.41) is 18.5. The second-order valence-corrected chi connectivity index (χ2v) is 12.9. The Balaban J connectivity index is 0.000000253. The molecule has 1 aromatic heterocycles. The molecular formula is C29H42N2O7. The molecule has 1 spiro atoms. The Kier molecular flexibility index (Phi) is 7.02. The van der Waals surface area contributed by atoms with Gasteiger partial charge in [-0.2, -0.15) is 0 Å². The number of aliphatic hydroxyl groups excluding tert-OH is 1. The van der Waals surface area contributed by atoms with Crippen molar-refractivity contribution in [1.82, 2.24) is 0 Å². The molecule has 1 aromatic rings. The summed E-state index contributed by atoms with van der Waals surface area (Å²) in [5.74, 6) is 0.835. The zero-order chi connectivity index (χ0) is 27.5. The number of aliphatic carboxylic acids is 1. The first-order valence-electron chi connectivity index (χ1n) is 14.1. The molecule has 0 aromatic carbocycles. The number of carboxylic acids is 1. The van der Waals surface area contributed by atoms with Gasteiger partial charge < -0.3 is 30.8 Å². The predicted molar refractivity (Wildman–Crippen MR) is 139 cm³/mol. The third kappa shape index (κ3) is 4.31. The molecule has 2 heterocycles. The molecule has 5 fully saturated rings. The maximum absolute atomic E-state index is 11.4. The van der Waals surface area contributed by atoms with Crippen LogP contribution in [0.25, 0.3) is 0 Å². The minimum atomic E-state index is -1.11. The average Bonchev–Trinajstić information content (AvgIpc) is 3.53. The van der Waals surface area contributed by atoms with Gasteiger partial charge in [0.2, 0.25) is 5.91 Å². The normalized spacial score (nSPS) is 43.3. The zero-order valence-corrected chi connectivity index (χ0v) is 22.4. The minimum Gasteiger partial charge on any atom is -0.480 e. The number of primary amides is 1. The molecule has 210 valence electrons. The van der Waals surface area contributed by atoms with Gasteiger partial charge in [-0.15, -0.1) is 0 Å². The van der Waals surface area contributed by atoms with Gasteiger partial charge in [-0.05, 0) is 98.5 Å². The summed E-state index contributed by atoms with van der Waals surface area (Å²) in [6.45, 7) is 4.97. The molecule has 10 atom stereocenters. The van der Waals surface area contributed by atoms with E-state index in [1.165, 1.54) is 37.7 Å². The van der Waals surface area contributed by atoms with Crippen LogP contribution in [0.1, 0.15) is 89.5 Å². The summed E-state index contributed by atoms with van der Waals surface area (Å²) in [7, 11) is 0. The zero-order valence-electron chi connectivity index (χ0n) is 22.4. The lowest BCUT2D eigenvalue weighted by Crippen LogP contribution is -2.58. The highest BCUT2D eigenvalue weighted by atomic mass is 16.6. The van der Waals surface area contributed by atoms with Gasteiger partial charge >= 0.3 is 11.6 Å². The molecule has 4 aliphatic carbocycles. The SMILES string of the molecule is C[C@]12CC[C@H](O)C[C@H]1CC[C@@H]1[C@@H]2CC[C@]2(C)[C@@H](c3ccc(=O)oc3)C[C@H]3O[C@]132.NC(=O)CC[C@H](N)C(=O)O. The van der Waals surface area contributed by atoms with Gasteiger partial charge in [0.1, 0.15) is 11.6 Å². The van der Waals surface area contributed by atoms with Crippen LogP contribution >= 0.6 is 0 Å². The van der Waals surface area contributed by atoms with E-state index in [4.69, 9.17) is 25.7 Å². The maximum atomic E-state index is 11.4. The van der Waals surface area contributed by atoms with Gasteiger partial charge in [-0.25, -0.2) is 4.79 Å².